The van der Waals surface area contributed by atoms with Gasteiger partial charge >= 0.3 is 11.9 Å². The summed E-state index contributed by atoms with van der Waals surface area (Å²) < 4.78 is 39.8. The number of carbonyl (C=O) groups excluding carboxylic acids is 2. The molecule has 1 N–H and O–H groups in total. The van der Waals surface area contributed by atoms with Crippen molar-refractivity contribution in [2.45, 2.75) is 122 Å². The van der Waals surface area contributed by atoms with Crippen molar-refractivity contribution < 1.29 is 47.6 Å². The summed E-state index contributed by atoms with van der Waals surface area (Å²) in [6.07, 6.45) is 10.9. The summed E-state index contributed by atoms with van der Waals surface area (Å²) in [6, 6.07) is 27.8. The fourth-order valence-corrected chi connectivity index (χ4v) is 15.0. The minimum atomic E-state index is -2.94. The van der Waals surface area contributed by atoms with Crippen LogP contribution >= 0.6 is 0 Å². The molecule has 366 valence electrons. The first kappa shape index (κ1) is 50.2. The summed E-state index contributed by atoms with van der Waals surface area (Å²) in [5.41, 5.74) is 2.57. The highest BCUT2D eigenvalue weighted by molar-refractivity contribution is 7.07. The van der Waals surface area contributed by atoms with Gasteiger partial charge < -0.3 is 38.1 Å². The molecule has 1 spiro atoms. The lowest BCUT2D eigenvalue weighted by Gasteiger charge is -2.50. The van der Waals surface area contributed by atoms with Gasteiger partial charge in [0.05, 0.1) is 30.1 Å². The molecule has 69 heavy (non-hydrogen) atoms. The van der Waals surface area contributed by atoms with E-state index in [1.807, 2.05) is 60.7 Å². The number of ether oxygens (including phenoxy) is 5. The van der Waals surface area contributed by atoms with E-state index in [1.165, 1.54) is 5.57 Å². The molecule has 4 heterocycles. The van der Waals surface area contributed by atoms with Crippen LogP contribution in [0.15, 0.2) is 149 Å². The molecule has 12 heteroatoms. The number of esters is 2. The zero-order valence-corrected chi connectivity index (χ0v) is 42.6. The number of carbonyl (C=O) groups is 2. The second-order valence-electron chi connectivity index (χ2n) is 20.1. The Bertz CT molecular complexity index is 2470. The van der Waals surface area contributed by atoms with E-state index in [-0.39, 0.29) is 37.1 Å². The number of nitrogens with zero attached hydrogens (tertiary/aromatic N) is 1. The lowest BCUT2D eigenvalue weighted by molar-refractivity contribution is -0.313. The molecule has 3 aromatic rings. The molecule has 3 aromatic carbocycles. The number of aliphatic hydroxyl groups is 1. The summed E-state index contributed by atoms with van der Waals surface area (Å²) >= 11 is 0. The molecule has 0 amide bonds. The van der Waals surface area contributed by atoms with Crippen LogP contribution in [0.5, 0.6) is 0 Å². The van der Waals surface area contributed by atoms with Gasteiger partial charge in [0.25, 0.3) is 8.32 Å². The second-order valence-corrected chi connectivity index (χ2v) is 23.6. The first-order valence-corrected chi connectivity index (χ1v) is 26.4. The summed E-state index contributed by atoms with van der Waals surface area (Å²) in [7, 11) is 0.348. The van der Waals surface area contributed by atoms with Crippen LogP contribution in [0.25, 0.3) is 0 Å². The lowest BCUT2D eigenvalue weighted by atomic mass is 9.70. The molecule has 0 saturated carbocycles. The van der Waals surface area contributed by atoms with Gasteiger partial charge in [0.2, 0.25) is 0 Å². The van der Waals surface area contributed by atoms with Crippen LogP contribution in [0.3, 0.4) is 0 Å². The molecule has 0 unspecified atom stereocenters. The minimum absolute atomic E-state index is 0.0237. The molecule has 8 rings (SSSR count). The number of benzene rings is 3. The van der Waals surface area contributed by atoms with Gasteiger partial charge in [-0.05, 0) is 89.9 Å². The van der Waals surface area contributed by atoms with Crippen LogP contribution < -0.4 is 15.6 Å². The van der Waals surface area contributed by atoms with Crippen LogP contribution in [0.1, 0.15) is 90.9 Å². The van der Waals surface area contributed by atoms with E-state index < -0.39 is 55.9 Å². The van der Waals surface area contributed by atoms with Crippen molar-refractivity contribution in [1.82, 2.24) is 0 Å². The normalized spacial score (nSPS) is 33.6. The van der Waals surface area contributed by atoms with E-state index in [2.05, 4.69) is 89.2 Å². The Morgan fingerprint density at radius 1 is 0.928 bits per heavy atom. The van der Waals surface area contributed by atoms with Gasteiger partial charge in [-0.2, -0.15) is 0 Å². The van der Waals surface area contributed by atoms with E-state index in [0.29, 0.717) is 41.9 Å². The summed E-state index contributed by atoms with van der Waals surface area (Å²) in [6.45, 7) is 14.5. The van der Waals surface area contributed by atoms with E-state index in [9.17, 15) is 14.7 Å². The molecule has 5 aliphatic rings. The average molecular weight is 956 g/mol. The monoisotopic (exact) mass is 955 g/mol. The molecule has 0 radical (unpaired) electrons. The molecular weight excluding hydrogens is 887 g/mol. The Kier molecular flexibility index (Phi) is 15.3. The standard InChI is InChI=1S/C57H69NO10Si/c1-36(2)29-39(5)51-41(7)50(58-62-8)34-56(68-51)33-45-32-44(67-56)26-23-38(4)30-37(3)17-16-18-43-35-64-53-52(40(6)31-49(55(60)65-45)57(43,53)61)66-54(59)42-24-27-48(28-25-42)69(63-9,46-19-12-10-13-20-46)47-21-14-11-15-22-47/h10-25,27-29,31,36-37,41,44-45,49,51-53,61H,26,30,32-35H2,1-9H3/b17-16+,38-23+,39-29+,43-18+,58-50-/t37-,41-,44+,45-,49-,51+,52+,53+,56-,57+/m0/s1. The Labute approximate surface area is 409 Å². The summed E-state index contributed by atoms with van der Waals surface area (Å²) in [5.74, 6) is -3.15. The fraction of sp³-hybridized carbons (Fsp3) is 0.456. The predicted octanol–water partition coefficient (Wildman–Crippen LogP) is 8.21. The highest BCUT2D eigenvalue weighted by Crippen LogP contribution is 2.48. The summed E-state index contributed by atoms with van der Waals surface area (Å²) in [5, 5.41) is 20.7. The van der Waals surface area contributed by atoms with E-state index in [1.54, 1.807) is 39.4 Å². The molecule has 4 aliphatic heterocycles. The van der Waals surface area contributed by atoms with Crippen molar-refractivity contribution in [2.75, 3.05) is 20.8 Å². The predicted molar refractivity (Wildman–Crippen MR) is 270 cm³/mol. The third kappa shape index (κ3) is 10.2. The van der Waals surface area contributed by atoms with Crippen LogP contribution in [-0.4, -0.2) is 93.8 Å². The molecule has 11 nitrogen and oxygen atoms in total. The molecule has 2 bridgehead atoms. The minimum Gasteiger partial charge on any atom is -0.462 e. The zero-order chi connectivity index (χ0) is 49.1. The average Bonchev–Trinajstić information content (AvgIpc) is 3.67. The Balaban J connectivity index is 1.11. The third-order valence-corrected chi connectivity index (χ3v) is 18.6. The van der Waals surface area contributed by atoms with Crippen LogP contribution in [0, 0.1) is 23.7 Å². The quantitative estimate of drug-likeness (QED) is 0.0737. The topological polar surface area (TPSA) is 131 Å². The number of fused-ring (bicyclic) bond motifs is 2. The number of hydrogen-bond acceptors (Lipinski definition) is 11. The van der Waals surface area contributed by atoms with Gasteiger partial charge in [0.1, 0.15) is 30.8 Å². The maximum absolute atomic E-state index is 14.9. The van der Waals surface area contributed by atoms with Gasteiger partial charge in [-0.25, -0.2) is 4.79 Å². The Morgan fingerprint density at radius 3 is 2.23 bits per heavy atom. The van der Waals surface area contributed by atoms with Crippen molar-refractivity contribution in [3.63, 3.8) is 0 Å². The number of hydrogen-bond donors (Lipinski definition) is 1. The van der Waals surface area contributed by atoms with Crippen molar-refractivity contribution in [2.24, 2.45) is 28.8 Å². The van der Waals surface area contributed by atoms with Gasteiger partial charge in [0, 0.05) is 32.3 Å². The second kappa shape index (κ2) is 21.0. The molecule has 10 atom stereocenters. The van der Waals surface area contributed by atoms with Gasteiger partial charge in [-0.15, -0.1) is 0 Å². The maximum Gasteiger partial charge on any atom is 0.338 e. The van der Waals surface area contributed by atoms with Gasteiger partial charge in [-0.1, -0.05) is 148 Å². The number of oxime groups is 1. The van der Waals surface area contributed by atoms with E-state index in [4.69, 9.17) is 32.9 Å². The largest absolute Gasteiger partial charge is 0.462 e. The van der Waals surface area contributed by atoms with Gasteiger partial charge in [-0.3, -0.25) is 4.79 Å². The third-order valence-electron chi connectivity index (χ3n) is 14.5. The number of rotatable bonds is 9. The zero-order valence-electron chi connectivity index (χ0n) is 41.6. The van der Waals surface area contributed by atoms with Gasteiger partial charge in [0.15, 0.2) is 11.9 Å². The molecule has 0 aromatic heterocycles. The highest BCUT2D eigenvalue weighted by Gasteiger charge is 2.61. The molecule has 1 aliphatic carbocycles. The first-order valence-electron chi connectivity index (χ1n) is 24.5. The van der Waals surface area contributed by atoms with Crippen molar-refractivity contribution in [3.8, 4) is 0 Å². The maximum atomic E-state index is 14.9. The lowest BCUT2D eigenvalue weighted by Crippen LogP contribution is -2.68. The molecule has 3 fully saturated rings. The van der Waals surface area contributed by atoms with Crippen LogP contribution in [-0.2, 0) is 37.7 Å². The number of allylic oxidation sites excluding steroid dienone is 5. The highest BCUT2D eigenvalue weighted by atomic mass is 28.4. The van der Waals surface area contributed by atoms with Crippen molar-refractivity contribution in [1.29, 1.82) is 0 Å². The van der Waals surface area contributed by atoms with E-state index >= 15 is 0 Å². The molecular formula is C57H69NO10Si. The Morgan fingerprint density at radius 2 is 1.59 bits per heavy atom. The van der Waals surface area contributed by atoms with Crippen molar-refractivity contribution in [3.05, 3.63) is 149 Å². The Hall–Kier alpha value is -5.21. The fourth-order valence-electron chi connectivity index (χ4n) is 11.3. The summed E-state index contributed by atoms with van der Waals surface area (Å²) in [4.78, 5) is 34.5. The van der Waals surface area contributed by atoms with Crippen molar-refractivity contribution >= 4 is 41.5 Å². The van der Waals surface area contributed by atoms with Crippen LogP contribution in [0.2, 0.25) is 0 Å². The molecule has 3 saturated heterocycles. The first-order chi connectivity index (χ1) is 33.1. The van der Waals surface area contributed by atoms with Crippen LogP contribution in [0.4, 0.5) is 0 Å². The smallest absolute Gasteiger partial charge is 0.338 e. The SMILES string of the molecule is CO/N=C1/C[C@]2(C[C@@H]3C[C@@H](C/C=C(\C)C[C@@H](C)/C=C/C=C4\CO[C@@H]5[C@H](OC(=O)c6ccc([Si](OC)(c7ccccc7)c7ccccc7)cc6)C(C)=C[C@@H](C(=O)O3)[C@]45O)O2)O[C@H](/C(C)=C/C(C)C)[C@H]1C. The van der Waals surface area contributed by atoms with E-state index in [0.717, 1.165) is 33.3 Å².